The average molecular weight is 338 g/mol. The van der Waals surface area contributed by atoms with Crippen LogP contribution < -0.4 is 4.90 Å². The summed E-state index contributed by atoms with van der Waals surface area (Å²) >= 11 is 0. The van der Waals surface area contributed by atoms with E-state index in [0.29, 0.717) is 5.82 Å². The molecule has 1 fully saturated rings. The molecule has 0 bridgehead atoms. The van der Waals surface area contributed by atoms with Gasteiger partial charge in [-0.25, -0.2) is 9.07 Å². The molecule has 7 heteroatoms. The lowest BCUT2D eigenvalue weighted by atomic mass is 10.2. The Morgan fingerprint density at radius 1 is 0.920 bits per heavy atom. The Labute approximate surface area is 145 Å². The molecule has 1 saturated heterocycles. The fourth-order valence-corrected chi connectivity index (χ4v) is 3.04. The second kappa shape index (κ2) is 6.98. The van der Waals surface area contributed by atoms with E-state index in [2.05, 4.69) is 25.1 Å². The van der Waals surface area contributed by atoms with Crippen LogP contribution in [-0.4, -0.2) is 51.1 Å². The lowest BCUT2D eigenvalue weighted by molar-refractivity contribution is 0.249. The van der Waals surface area contributed by atoms with Gasteiger partial charge in [-0.1, -0.05) is 12.1 Å². The quantitative estimate of drug-likeness (QED) is 0.729. The number of hydrogen-bond donors (Lipinski definition) is 0. The van der Waals surface area contributed by atoms with Gasteiger partial charge in [-0.15, -0.1) is 10.2 Å². The van der Waals surface area contributed by atoms with Crippen LogP contribution in [0.1, 0.15) is 5.56 Å². The first-order valence-electron chi connectivity index (χ1n) is 8.33. The number of rotatable bonds is 4. The maximum Gasteiger partial charge on any atom is 0.175 e. The maximum absolute atomic E-state index is 13.3. The molecular weight excluding hydrogens is 319 g/mol. The summed E-state index contributed by atoms with van der Waals surface area (Å²) in [6.07, 6.45) is 3.56. The number of anilines is 1. The third kappa shape index (κ3) is 3.66. The predicted molar refractivity (Wildman–Crippen MR) is 93.0 cm³/mol. The first-order valence-corrected chi connectivity index (χ1v) is 8.33. The number of piperazine rings is 1. The molecule has 0 radical (unpaired) electrons. The molecule has 0 spiro atoms. The van der Waals surface area contributed by atoms with Crippen molar-refractivity contribution in [3.8, 4) is 5.82 Å². The van der Waals surface area contributed by atoms with E-state index in [1.54, 1.807) is 23.0 Å². The molecule has 2 aromatic heterocycles. The van der Waals surface area contributed by atoms with Crippen LogP contribution in [0.25, 0.3) is 5.82 Å². The molecule has 0 saturated carbocycles. The zero-order valence-corrected chi connectivity index (χ0v) is 13.8. The fourth-order valence-electron chi connectivity index (χ4n) is 3.04. The van der Waals surface area contributed by atoms with Gasteiger partial charge in [-0.05, 0) is 35.9 Å². The van der Waals surface area contributed by atoms with Gasteiger partial charge < -0.3 is 4.90 Å². The smallest absolute Gasteiger partial charge is 0.175 e. The lowest BCUT2D eigenvalue weighted by Gasteiger charge is -2.35. The van der Waals surface area contributed by atoms with Gasteiger partial charge in [0.05, 0.1) is 0 Å². The molecule has 3 heterocycles. The molecule has 1 aromatic carbocycles. The molecule has 0 aliphatic carbocycles. The van der Waals surface area contributed by atoms with Crippen molar-refractivity contribution in [1.29, 1.82) is 0 Å². The van der Waals surface area contributed by atoms with E-state index in [4.69, 9.17) is 0 Å². The molecule has 1 aliphatic rings. The Hall–Kier alpha value is -2.80. The minimum absolute atomic E-state index is 0.177. The summed E-state index contributed by atoms with van der Waals surface area (Å²) in [4.78, 5) is 4.55. The van der Waals surface area contributed by atoms with Crippen LogP contribution in [0.2, 0.25) is 0 Å². The summed E-state index contributed by atoms with van der Waals surface area (Å²) in [7, 11) is 0. The van der Waals surface area contributed by atoms with Crippen molar-refractivity contribution in [1.82, 2.24) is 24.9 Å². The van der Waals surface area contributed by atoms with Crippen LogP contribution in [0.5, 0.6) is 0 Å². The van der Waals surface area contributed by atoms with Gasteiger partial charge in [-0.2, -0.15) is 5.10 Å². The van der Waals surface area contributed by atoms with Crippen molar-refractivity contribution >= 4 is 5.82 Å². The van der Waals surface area contributed by atoms with Crippen molar-refractivity contribution in [2.45, 2.75) is 6.54 Å². The number of aromatic nitrogens is 4. The van der Waals surface area contributed by atoms with Crippen LogP contribution in [0, 0.1) is 5.82 Å². The SMILES string of the molecule is Fc1cccc(CN2CCN(c3ccc(-n4cccn4)nn3)CC2)c1. The summed E-state index contributed by atoms with van der Waals surface area (Å²) in [6.45, 7) is 4.37. The van der Waals surface area contributed by atoms with Gasteiger partial charge in [0.1, 0.15) is 5.82 Å². The summed E-state index contributed by atoms with van der Waals surface area (Å²) in [5, 5.41) is 12.7. The van der Waals surface area contributed by atoms with Crippen molar-refractivity contribution in [2.75, 3.05) is 31.1 Å². The molecule has 25 heavy (non-hydrogen) atoms. The summed E-state index contributed by atoms with van der Waals surface area (Å²) < 4.78 is 15.0. The number of benzene rings is 1. The highest BCUT2D eigenvalue weighted by Crippen LogP contribution is 2.15. The Kier molecular flexibility index (Phi) is 4.39. The normalized spacial score (nSPS) is 15.5. The van der Waals surface area contributed by atoms with Crippen LogP contribution in [-0.2, 0) is 6.54 Å². The van der Waals surface area contributed by atoms with E-state index in [0.717, 1.165) is 44.1 Å². The Morgan fingerprint density at radius 3 is 2.40 bits per heavy atom. The Bertz CT molecular complexity index is 810. The van der Waals surface area contributed by atoms with Crippen molar-refractivity contribution in [3.05, 3.63) is 66.2 Å². The van der Waals surface area contributed by atoms with E-state index in [9.17, 15) is 4.39 Å². The third-order valence-corrected chi connectivity index (χ3v) is 4.37. The van der Waals surface area contributed by atoms with Gasteiger partial charge in [0.25, 0.3) is 0 Å². The fraction of sp³-hybridized carbons (Fsp3) is 0.278. The molecule has 3 aromatic rings. The second-order valence-corrected chi connectivity index (χ2v) is 6.09. The standard InChI is InChI=1S/C18H19FN6/c19-16-4-1-3-15(13-16)14-23-9-11-24(12-10-23)17-5-6-18(22-21-17)25-8-2-7-20-25/h1-8,13H,9-12,14H2. The topological polar surface area (TPSA) is 50.1 Å². The monoisotopic (exact) mass is 338 g/mol. The van der Waals surface area contributed by atoms with E-state index < -0.39 is 0 Å². The molecule has 1 aliphatic heterocycles. The first-order chi connectivity index (χ1) is 12.3. The molecule has 4 rings (SSSR count). The van der Waals surface area contributed by atoms with Gasteiger partial charge in [0.15, 0.2) is 11.6 Å². The van der Waals surface area contributed by atoms with Crippen LogP contribution in [0.4, 0.5) is 10.2 Å². The number of halogens is 1. The van der Waals surface area contributed by atoms with Crippen LogP contribution >= 0.6 is 0 Å². The van der Waals surface area contributed by atoms with Gasteiger partial charge in [0, 0.05) is 45.1 Å². The average Bonchev–Trinajstić information content (AvgIpc) is 3.17. The molecule has 0 amide bonds. The predicted octanol–water partition coefficient (Wildman–Crippen LogP) is 2.12. The summed E-state index contributed by atoms with van der Waals surface area (Å²) in [5.41, 5.74) is 1.01. The highest BCUT2D eigenvalue weighted by atomic mass is 19.1. The summed E-state index contributed by atoms with van der Waals surface area (Å²) in [5.74, 6) is 1.41. The molecule has 0 unspecified atom stereocenters. The van der Waals surface area contributed by atoms with E-state index >= 15 is 0 Å². The van der Waals surface area contributed by atoms with E-state index in [-0.39, 0.29) is 5.82 Å². The Morgan fingerprint density at radius 2 is 1.72 bits per heavy atom. The van der Waals surface area contributed by atoms with Crippen molar-refractivity contribution in [2.24, 2.45) is 0 Å². The largest absolute Gasteiger partial charge is 0.353 e. The number of hydrogen-bond acceptors (Lipinski definition) is 5. The molecule has 6 nitrogen and oxygen atoms in total. The van der Waals surface area contributed by atoms with Gasteiger partial charge >= 0.3 is 0 Å². The zero-order chi connectivity index (χ0) is 17.1. The van der Waals surface area contributed by atoms with Crippen LogP contribution in [0.15, 0.2) is 54.9 Å². The minimum atomic E-state index is -0.177. The first kappa shape index (κ1) is 15.7. The molecule has 0 N–H and O–H groups in total. The maximum atomic E-state index is 13.3. The van der Waals surface area contributed by atoms with Gasteiger partial charge in [0.2, 0.25) is 0 Å². The van der Waals surface area contributed by atoms with E-state index in [1.807, 2.05) is 30.5 Å². The highest BCUT2D eigenvalue weighted by molar-refractivity contribution is 5.40. The zero-order valence-electron chi connectivity index (χ0n) is 13.8. The highest BCUT2D eigenvalue weighted by Gasteiger charge is 2.18. The lowest BCUT2D eigenvalue weighted by Crippen LogP contribution is -2.46. The van der Waals surface area contributed by atoms with Gasteiger partial charge in [-0.3, -0.25) is 4.90 Å². The van der Waals surface area contributed by atoms with Crippen LogP contribution in [0.3, 0.4) is 0 Å². The molecule has 0 atom stereocenters. The Balaban J connectivity index is 1.35. The third-order valence-electron chi connectivity index (χ3n) is 4.37. The summed E-state index contributed by atoms with van der Waals surface area (Å²) in [6, 6.07) is 12.6. The number of nitrogens with zero attached hydrogens (tertiary/aromatic N) is 6. The molecular formula is C18H19FN6. The molecule has 128 valence electrons. The van der Waals surface area contributed by atoms with Crippen molar-refractivity contribution < 1.29 is 4.39 Å². The minimum Gasteiger partial charge on any atom is -0.353 e. The second-order valence-electron chi connectivity index (χ2n) is 6.09. The van der Waals surface area contributed by atoms with E-state index in [1.165, 1.54) is 6.07 Å². The van der Waals surface area contributed by atoms with Crippen molar-refractivity contribution in [3.63, 3.8) is 0 Å².